The zero-order chi connectivity index (χ0) is 14.7. The largest absolute Gasteiger partial charge is 0.507 e. The van der Waals surface area contributed by atoms with Gasteiger partial charge in [0.05, 0.1) is 4.91 Å². The number of carbonyl (C=O) groups is 2. The third-order valence-electron chi connectivity index (χ3n) is 2.43. The number of carboxylic acid groups (broad SMARTS) is 1. The first kappa shape index (κ1) is 14.3. The molecule has 0 aromatic heterocycles. The number of aromatic carboxylic acids is 1. The summed E-state index contributed by atoms with van der Waals surface area (Å²) < 4.78 is 0.410. The van der Waals surface area contributed by atoms with E-state index in [0.717, 1.165) is 0 Å². The standard InChI is InChI=1S/C13H9NO4S2/c15-9-5-4-7(6-8(9)12(17)18)2-1-3-10-11(16)14-13(19)20-10/h1-6,15H,(H,17,18)(H,14,16,19). The predicted molar refractivity (Wildman–Crippen MR) is 80.5 cm³/mol. The lowest BCUT2D eigenvalue weighted by Crippen LogP contribution is -2.17. The molecule has 1 fully saturated rings. The van der Waals surface area contributed by atoms with Gasteiger partial charge in [-0.15, -0.1) is 0 Å². The lowest BCUT2D eigenvalue weighted by Gasteiger charge is -2.00. The maximum absolute atomic E-state index is 11.4. The smallest absolute Gasteiger partial charge is 0.339 e. The van der Waals surface area contributed by atoms with Gasteiger partial charge < -0.3 is 15.5 Å². The third-order valence-corrected chi connectivity index (χ3v) is 3.61. The molecule has 0 saturated carbocycles. The predicted octanol–water partition coefficient (Wildman–Crippen LogP) is 2.14. The average molecular weight is 307 g/mol. The zero-order valence-corrected chi connectivity index (χ0v) is 11.6. The van der Waals surface area contributed by atoms with E-state index in [2.05, 4.69) is 5.32 Å². The maximum Gasteiger partial charge on any atom is 0.339 e. The van der Waals surface area contributed by atoms with Crippen LogP contribution in [0.1, 0.15) is 15.9 Å². The first-order valence-corrected chi connectivity index (χ1v) is 6.67. The van der Waals surface area contributed by atoms with Gasteiger partial charge in [0, 0.05) is 0 Å². The van der Waals surface area contributed by atoms with Crippen LogP contribution in [0.25, 0.3) is 6.08 Å². The second kappa shape index (κ2) is 5.89. The molecule has 1 aromatic carbocycles. The third kappa shape index (κ3) is 3.25. The van der Waals surface area contributed by atoms with E-state index >= 15 is 0 Å². The molecule has 0 atom stereocenters. The van der Waals surface area contributed by atoms with Gasteiger partial charge in [-0.05, 0) is 23.8 Å². The molecule has 0 unspecified atom stereocenters. The molecular formula is C13H9NO4S2. The van der Waals surface area contributed by atoms with E-state index in [-0.39, 0.29) is 17.2 Å². The number of allylic oxidation sites excluding steroid dienone is 2. The van der Waals surface area contributed by atoms with Gasteiger partial charge >= 0.3 is 5.97 Å². The fourth-order valence-electron chi connectivity index (χ4n) is 1.51. The van der Waals surface area contributed by atoms with Crippen LogP contribution in [0, 0.1) is 0 Å². The molecule has 1 aliphatic rings. The molecule has 102 valence electrons. The zero-order valence-electron chi connectivity index (χ0n) is 9.99. The van der Waals surface area contributed by atoms with Crippen LogP contribution in [0.15, 0.2) is 35.3 Å². The Morgan fingerprint density at radius 2 is 2.15 bits per heavy atom. The van der Waals surface area contributed by atoms with Crippen LogP contribution in [0.5, 0.6) is 5.75 Å². The summed E-state index contributed by atoms with van der Waals surface area (Å²) in [4.78, 5) is 22.7. The normalized spacial score (nSPS) is 16.9. The Morgan fingerprint density at radius 3 is 2.75 bits per heavy atom. The molecule has 20 heavy (non-hydrogen) atoms. The number of rotatable bonds is 3. The molecule has 1 amide bonds. The molecule has 0 spiro atoms. The number of amides is 1. The number of phenols is 1. The molecular weight excluding hydrogens is 298 g/mol. The van der Waals surface area contributed by atoms with Gasteiger partial charge in [-0.3, -0.25) is 4.79 Å². The van der Waals surface area contributed by atoms with Crippen molar-refractivity contribution in [3.05, 3.63) is 46.4 Å². The number of carboxylic acids is 1. The van der Waals surface area contributed by atoms with Gasteiger partial charge in [-0.2, -0.15) is 0 Å². The molecule has 0 radical (unpaired) electrons. The van der Waals surface area contributed by atoms with Crippen LogP contribution < -0.4 is 5.32 Å². The molecule has 0 aliphatic carbocycles. The Hall–Kier alpha value is -2.12. The summed E-state index contributed by atoms with van der Waals surface area (Å²) in [6, 6.07) is 4.23. The Labute approximate surface area is 124 Å². The van der Waals surface area contributed by atoms with Crippen molar-refractivity contribution in [3.8, 4) is 5.75 Å². The minimum Gasteiger partial charge on any atom is -0.507 e. The van der Waals surface area contributed by atoms with Crippen molar-refractivity contribution < 1.29 is 19.8 Å². The van der Waals surface area contributed by atoms with Crippen LogP contribution >= 0.6 is 24.0 Å². The van der Waals surface area contributed by atoms with Gasteiger partial charge in [0.15, 0.2) is 0 Å². The van der Waals surface area contributed by atoms with E-state index in [1.165, 1.54) is 23.9 Å². The summed E-state index contributed by atoms with van der Waals surface area (Å²) in [7, 11) is 0. The fourth-order valence-corrected chi connectivity index (χ4v) is 2.51. The summed E-state index contributed by atoms with van der Waals surface area (Å²) in [5, 5.41) is 20.8. The van der Waals surface area contributed by atoms with Gasteiger partial charge in [0.25, 0.3) is 5.91 Å². The Balaban J connectivity index is 2.18. The van der Waals surface area contributed by atoms with Crippen molar-refractivity contribution in [3.63, 3.8) is 0 Å². The number of aromatic hydroxyl groups is 1. The van der Waals surface area contributed by atoms with Crippen molar-refractivity contribution in [2.75, 3.05) is 0 Å². The number of thiocarbonyl (C=S) groups is 1. The summed E-state index contributed by atoms with van der Waals surface area (Å²) in [6.45, 7) is 0. The highest BCUT2D eigenvalue weighted by molar-refractivity contribution is 8.26. The number of carbonyl (C=O) groups excluding carboxylic acids is 1. The molecule has 1 aliphatic heterocycles. The van der Waals surface area contributed by atoms with Gasteiger partial charge in [-0.25, -0.2) is 4.79 Å². The van der Waals surface area contributed by atoms with Gasteiger partial charge in [0.2, 0.25) is 0 Å². The molecule has 2 rings (SSSR count). The van der Waals surface area contributed by atoms with Crippen molar-refractivity contribution in [2.24, 2.45) is 0 Å². The first-order valence-electron chi connectivity index (χ1n) is 5.45. The summed E-state index contributed by atoms with van der Waals surface area (Å²) in [6.07, 6.45) is 4.84. The highest BCUT2D eigenvalue weighted by atomic mass is 32.2. The van der Waals surface area contributed by atoms with Crippen molar-refractivity contribution in [1.82, 2.24) is 5.32 Å². The topological polar surface area (TPSA) is 86.6 Å². The van der Waals surface area contributed by atoms with E-state index in [1.807, 2.05) is 0 Å². The molecule has 7 heteroatoms. The Bertz CT molecular complexity index is 664. The Morgan fingerprint density at radius 1 is 1.40 bits per heavy atom. The molecule has 0 bridgehead atoms. The van der Waals surface area contributed by atoms with E-state index in [1.54, 1.807) is 24.3 Å². The monoisotopic (exact) mass is 307 g/mol. The summed E-state index contributed by atoms with van der Waals surface area (Å²) >= 11 is 6.02. The average Bonchev–Trinajstić information content (AvgIpc) is 2.69. The number of benzene rings is 1. The van der Waals surface area contributed by atoms with Gasteiger partial charge in [0.1, 0.15) is 15.6 Å². The highest BCUT2D eigenvalue weighted by Crippen LogP contribution is 2.24. The number of thioether (sulfide) groups is 1. The van der Waals surface area contributed by atoms with Crippen LogP contribution in [-0.2, 0) is 4.79 Å². The molecule has 1 heterocycles. The lowest BCUT2D eigenvalue weighted by atomic mass is 10.1. The van der Waals surface area contributed by atoms with E-state index in [9.17, 15) is 14.7 Å². The molecule has 5 nitrogen and oxygen atoms in total. The van der Waals surface area contributed by atoms with Crippen LogP contribution in [0.4, 0.5) is 0 Å². The SMILES string of the molecule is O=C1NC(=S)SC1=CC=Cc1ccc(O)c(C(=O)O)c1. The van der Waals surface area contributed by atoms with Crippen LogP contribution in [0.3, 0.4) is 0 Å². The molecule has 1 aromatic rings. The molecule has 1 saturated heterocycles. The van der Waals surface area contributed by atoms with Gasteiger partial charge in [-0.1, -0.05) is 42.2 Å². The summed E-state index contributed by atoms with van der Waals surface area (Å²) in [5.41, 5.74) is 0.428. The quantitative estimate of drug-likeness (QED) is 0.586. The maximum atomic E-state index is 11.4. The number of hydrogen-bond acceptors (Lipinski definition) is 5. The Kier molecular flexibility index (Phi) is 4.21. The minimum atomic E-state index is -1.20. The second-order valence-electron chi connectivity index (χ2n) is 3.82. The van der Waals surface area contributed by atoms with Crippen LogP contribution in [-0.4, -0.2) is 26.4 Å². The number of hydrogen-bond donors (Lipinski definition) is 3. The van der Waals surface area contributed by atoms with Crippen molar-refractivity contribution in [2.45, 2.75) is 0 Å². The minimum absolute atomic E-state index is 0.172. The first-order chi connectivity index (χ1) is 9.47. The summed E-state index contributed by atoms with van der Waals surface area (Å²) in [5.74, 6) is -1.74. The highest BCUT2D eigenvalue weighted by Gasteiger charge is 2.20. The van der Waals surface area contributed by atoms with Crippen LogP contribution in [0.2, 0.25) is 0 Å². The van der Waals surface area contributed by atoms with Crippen molar-refractivity contribution in [1.29, 1.82) is 0 Å². The lowest BCUT2D eigenvalue weighted by molar-refractivity contribution is -0.115. The van der Waals surface area contributed by atoms with Crippen molar-refractivity contribution >= 4 is 46.3 Å². The second-order valence-corrected chi connectivity index (χ2v) is 5.53. The molecule has 3 N–H and O–H groups in total. The van der Waals surface area contributed by atoms with E-state index in [4.69, 9.17) is 17.3 Å². The van der Waals surface area contributed by atoms with E-state index in [0.29, 0.717) is 14.8 Å². The fraction of sp³-hybridized carbons (Fsp3) is 0. The van der Waals surface area contributed by atoms with E-state index < -0.39 is 5.97 Å². The number of nitrogens with one attached hydrogen (secondary N) is 1.